The van der Waals surface area contributed by atoms with Crippen molar-refractivity contribution in [3.63, 3.8) is 0 Å². The van der Waals surface area contributed by atoms with Gasteiger partial charge in [-0.25, -0.2) is 0 Å². The van der Waals surface area contributed by atoms with Crippen LogP contribution in [0, 0.1) is 0 Å². The molecular formula is C14H14OSe2. The molecule has 1 nitrogen and oxygen atoms in total. The Kier molecular flexibility index (Phi) is 3.53. The van der Waals surface area contributed by atoms with Crippen molar-refractivity contribution in [3.8, 4) is 0 Å². The second-order valence-corrected chi connectivity index (χ2v) is 8.72. The first-order chi connectivity index (χ1) is 8.33. The fourth-order valence-corrected chi connectivity index (χ4v) is 6.16. The Morgan fingerprint density at radius 2 is 1.47 bits per heavy atom. The molecule has 1 fully saturated rings. The molecule has 0 aliphatic heterocycles. The molecule has 0 amide bonds. The van der Waals surface area contributed by atoms with Crippen LogP contribution in [0.3, 0.4) is 0 Å². The second-order valence-electron chi connectivity index (χ2n) is 4.61. The van der Waals surface area contributed by atoms with Gasteiger partial charge in [0.1, 0.15) is 0 Å². The molecule has 3 rings (SSSR count). The molecule has 0 N–H and O–H groups in total. The number of carbonyl (C=O) groups excluding carboxylic acids is 1. The number of hydrogen-bond acceptors (Lipinski definition) is 1. The first kappa shape index (κ1) is 11.7. The van der Waals surface area contributed by atoms with Gasteiger partial charge < -0.3 is 0 Å². The first-order valence-electron chi connectivity index (χ1n) is 5.91. The zero-order valence-corrected chi connectivity index (χ0v) is 12.9. The van der Waals surface area contributed by atoms with Crippen LogP contribution >= 0.6 is 0 Å². The normalized spacial score (nSPS) is 25.1. The molecule has 2 aromatic heterocycles. The van der Waals surface area contributed by atoms with Gasteiger partial charge in [-0.15, -0.1) is 0 Å². The number of Topliss-reactive ketones (excluding diaryl/α,β-unsaturated/α-hetero) is 1. The number of hydrogen-bond donors (Lipinski definition) is 0. The summed E-state index contributed by atoms with van der Waals surface area (Å²) in [5.74, 6) is 1.54. The van der Waals surface area contributed by atoms with E-state index >= 15 is 0 Å². The van der Waals surface area contributed by atoms with E-state index < -0.39 is 0 Å². The van der Waals surface area contributed by atoms with Crippen LogP contribution in [0.1, 0.15) is 40.0 Å². The van der Waals surface area contributed by atoms with Crippen LogP contribution in [0.2, 0.25) is 0 Å². The van der Waals surface area contributed by atoms with E-state index in [0.29, 0.717) is 46.6 Å². The summed E-state index contributed by atoms with van der Waals surface area (Å²) in [6.45, 7) is 0. The average Bonchev–Trinajstić information content (AvgIpc) is 3.02. The van der Waals surface area contributed by atoms with Gasteiger partial charge in [0.05, 0.1) is 0 Å². The van der Waals surface area contributed by atoms with Crippen molar-refractivity contribution in [2.45, 2.75) is 31.1 Å². The molecule has 3 heteroatoms. The van der Waals surface area contributed by atoms with Crippen LogP contribution in [0.4, 0.5) is 0 Å². The molecule has 2 aromatic rings. The summed E-state index contributed by atoms with van der Waals surface area (Å²) in [4.78, 5) is 16.4. The van der Waals surface area contributed by atoms with Crippen LogP contribution in [-0.2, 0) is 4.79 Å². The summed E-state index contributed by atoms with van der Waals surface area (Å²) in [6, 6.07) is 8.80. The Labute approximate surface area is 113 Å². The number of ketones is 1. The van der Waals surface area contributed by atoms with E-state index in [1.807, 2.05) is 0 Å². The van der Waals surface area contributed by atoms with Gasteiger partial charge in [-0.3, -0.25) is 0 Å². The summed E-state index contributed by atoms with van der Waals surface area (Å²) < 4.78 is 3.07. The Morgan fingerprint density at radius 1 is 0.941 bits per heavy atom. The minimum atomic E-state index is 0.471. The Bertz CT molecular complexity index is 440. The predicted molar refractivity (Wildman–Crippen MR) is 71.1 cm³/mol. The third-order valence-electron chi connectivity index (χ3n) is 3.41. The first-order valence-corrected chi connectivity index (χ1v) is 9.60. The van der Waals surface area contributed by atoms with Crippen molar-refractivity contribution < 1.29 is 4.79 Å². The van der Waals surface area contributed by atoms with E-state index in [1.165, 1.54) is 15.3 Å². The molecule has 1 saturated carbocycles. The van der Waals surface area contributed by atoms with Crippen molar-refractivity contribution in [2.24, 2.45) is 0 Å². The number of carbonyl (C=O) groups is 1. The molecule has 1 aliphatic carbocycles. The Morgan fingerprint density at radius 3 is 1.88 bits per heavy atom. The maximum absolute atomic E-state index is 11.9. The van der Waals surface area contributed by atoms with Gasteiger partial charge in [0.2, 0.25) is 0 Å². The van der Waals surface area contributed by atoms with Gasteiger partial charge in [-0.2, -0.15) is 0 Å². The van der Waals surface area contributed by atoms with E-state index in [4.69, 9.17) is 0 Å². The van der Waals surface area contributed by atoms with E-state index in [0.717, 1.165) is 12.8 Å². The predicted octanol–water partition coefficient (Wildman–Crippen LogP) is 2.42. The van der Waals surface area contributed by atoms with Crippen LogP contribution in [0.25, 0.3) is 0 Å². The second kappa shape index (κ2) is 5.12. The van der Waals surface area contributed by atoms with Crippen molar-refractivity contribution >= 4 is 34.8 Å². The molecular weight excluding hydrogens is 342 g/mol. The molecule has 2 unspecified atom stereocenters. The van der Waals surface area contributed by atoms with Gasteiger partial charge in [0.25, 0.3) is 0 Å². The molecule has 1 aliphatic rings. The van der Waals surface area contributed by atoms with Crippen LogP contribution in [-0.4, -0.2) is 34.8 Å². The molecule has 0 radical (unpaired) electrons. The molecule has 17 heavy (non-hydrogen) atoms. The third-order valence-corrected chi connectivity index (χ3v) is 7.75. The van der Waals surface area contributed by atoms with Gasteiger partial charge in [-0.05, 0) is 0 Å². The van der Waals surface area contributed by atoms with Gasteiger partial charge >= 0.3 is 114 Å². The van der Waals surface area contributed by atoms with E-state index in [-0.39, 0.29) is 0 Å². The fraction of sp³-hybridized carbons (Fsp3) is 0.357. The zero-order chi connectivity index (χ0) is 11.7. The summed E-state index contributed by atoms with van der Waals surface area (Å²) in [5.41, 5.74) is 0. The summed E-state index contributed by atoms with van der Waals surface area (Å²) in [5, 5.41) is 0. The van der Waals surface area contributed by atoms with Gasteiger partial charge in [-0.1, -0.05) is 0 Å². The third kappa shape index (κ3) is 2.58. The van der Waals surface area contributed by atoms with Crippen molar-refractivity contribution in [2.75, 3.05) is 0 Å². The topological polar surface area (TPSA) is 17.1 Å². The molecule has 0 aromatic carbocycles. The molecule has 0 bridgehead atoms. The summed E-state index contributed by atoms with van der Waals surface area (Å²) >= 11 is 1.03. The van der Waals surface area contributed by atoms with Gasteiger partial charge in [0, 0.05) is 0 Å². The van der Waals surface area contributed by atoms with Gasteiger partial charge in [0.15, 0.2) is 0 Å². The molecule has 0 spiro atoms. The monoisotopic (exact) mass is 358 g/mol. The Balaban J connectivity index is 1.82. The quantitative estimate of drug-likeness (QED) is 0.756. The van der Waals surface area contributed by atoms with E-state index in [9.17, 15) is 4.79 Å². The van der Waals surface area contributed by atoms with Crippen molar-refractivity contribution in [1.82, 2.24) is 0 Å². The minimum absolute atomic E-state index is 0.471. The summed E-state index contributed by atoms with van der Waals surface area (Å²) in [6.07, 6.45) is 2.79. The van der Waals surface area contributed by atoms with Crippen molar-refractivity contribution in [3.05, 3.63) is 43.0 Å². The standard InChI is InChI=1S/C14H14OSe2/c15-12-8-10(13-3-1-5-16-13)7-11(9-12)14-4-2-6-17-14/h1-6,10-11H,7-9H2. The molecule has 0 saturated heterocycles. The number of rotatable bonds is 2. The summed E-state index contributed by atoms with van der Waals surface area (Å²) in [7, 11) is 0. The van der Waals surface area contributed by atoms with E-state index in [2.05, 4.69) is 34.1 Å². The molecule has 2 atom stereocenters. The Hall–Kier alpha value is -0.331. The van der Waals surface area contributed by atoms with Crippen LogP contribution in [0.15, 0.2) is 34.1 Å². The fourth-order valence-electron chi connectivity index (χ4n) is 2.62. The van der Waals surface area contributed by atoms with Crippen molar-refractivity contribution in [1.29, 1.82) is 0 Å². The molecule has 88 valence electrons. The van der Waals surface area contributed by atoms with E-state index in [1.54, 1.807) is 0 Å². The van der Waals surface area contributed by atoms with Crippen LogP contribution in [0.5, 0.6) is 0 Å². The maximum atomic E-state index is 11.9. The zero-order valence-electron chi connectivity index (χ0n) is 9.46. The SMILES string of the molecule is O=C1CC(c2ccc[se]2)CC(c2ccc[se]2)C1. The van der Waals surface area contributed by atoms with Crippen LogP contribution < -0.4 is 0 Å². The average molecular weight is 356 g/mol. The molecule has 2 heterocycles.